The fourth-order valence-corrected chi connectivity index (χ4v) is 2.57. The number of rotatable bonds is 2. The third kappa shape index (κ3) is 2.52. The Morgan fingerprint density at radius 1 is 1.47 bits per heavy atom. The molecular formula is C13H15NO2S. The fourth-order valence-electron chi connectivity index (χ4n) is 1.77. The highest BCUT2D eigenvalue weighted by Crippen LogP contribution is 2.26. The summed E-state index contributed by atoms with van der Waals surface area (Å²) in [6.07, 6.45) is 0. The Morgan fingerprint density at radius 2 is 2.24 bits per heavy atom. The molecule has 0 fully saturated rings. The molecule has 1 aliphatic rings. The lowest BCUT2D eigenvalue weighted by Crippen LogP contribution is -2.23. The molecule has 0 unspecified atom stereocenters. The summed E-state index contributed by atoms with van der Waals surface area (Å²) in [7, 11) is 1.66. The molecule has 1 heterocycles. The molecule has 2 rings (SSSR count). The van der Waals surface area contributed by atoms with Gasteiger partial charge in [-0.25, -0.2) is 0 Å². The number of hydrogen-bond donors (Lipinski definition) is 0. The second-order valence-electron chi connectivity index (χ2n) is 4.06. The molecule has 17 heavy (non-hydrogen) atoms. The first-order chi connectivity index (χ1) is 8.11. The molecule has 4 heteroatoms. The molecule has 0 bridgehead atoms. The van der Waals surface area contributed by atoms with Crippen LogP contribution in [0.5, 0.6) is 5.75 Å². The zero-order chi connectivity index (χ0) is 12.4. The number of carbonyl (C=O) groups is 1. The van der Waals surface area contributed by atoms with Crippen LogP contribution in [0.15, 0.2) is 23.2 Å². The Labute approximate surface area is 105 Å². The van der Waals surface area contributed by atoms with Gasteiger partial charge >= 0.3 is 0 Å². The van der Waals surface area contributed by atoms with Crippen LogP contribution >= 0.6 is 11.8 Å². The maximum atomic E-state index is 11.4. The van der Waals surface area contributed by atoms with Crippen molar-refractivity contribution in [1.29, 1.82) is 0 Å². The minimum Gasteiger partial charge on any atom is -0.496 e. The quantitative estimate of drug-likeness (QED) is 0.808. The number of ether oxygens (including phenoxy) is 1. The molecule has 1 aliphatic heterocycles. The summed E-state index contributed by atoms with van der Waals surface area (Å²) in [5.41, 5.74) is 3.09. The predicted molar refractivity (Wildman–Crippen MR) is 71.2 cm³/mol. The summed E-state index contributed by atoms with van der Waals surface area (Å²) in [5, 5.41) is 0.139. The molecule has 0 aliphatic carbocycles. The van der Waals surface area contributed by atoms with Crippen LogP contribution < -0.4 is 4.74 Å². The maximum absolute atomic E-state index is 11.4. The van der Waals surface area contributed by atoms with Crippen LogP contribution in [-0.2, 0) is 4.79 Å². The van der Waals surface area contributed by atoms with E-state index in [1.54, 1.807) is 7.11 Å². The first kappa shape index (κ1) is 12.2. The van der Waals surface area contributed by atoms with Crippen molar-refractivity contribution >= 4 is 22.6 Å². The lowest BCUT2D eigenvalue weighted by Gasteiger charge is -2.18. The SMILES string of the molecule is COc1cc(C)ccc1C1=N[C@@H](C)C(=O)SC1. The van der Waals surface area contributed by atoms with Gasteiger partial charge < -0.3 is 4.74 Å². The molecule has 1 aromatic carbocycles. The largest absolute Gasteiger partial charge is 0.496 e. The Bertz CT molecular complexity index is 482. The van der Waals surface area contributed by atoms with Crippen molar-refractivity contribution in [1.82, 2.24) is 0 Å². The highest BCUT2D eigenvalue weighted by atomic mass is 32.2. The van der Waals surface area contributed by atoms with Crippen LogP contribution in [0.3, 0.4) is 0 Å². The molecule has 1 aromatic rings. The Kier molecular flexibility index (Phi) is 3.52. The van der Waals surface area contributed by atoms with E-state index in [0.717, 1.165) is 22.6 Å². The average molecular weight is 249 g/mol. The highest BCUT2D eigenvalue weighted by molar-refractivity contribution is 8.14. The van der Waals surface area contributed by atoms with E-state index in [2.05, 4.69) is 4.99 Å². The standard InChI is InChI=1S/C13H15NO2S/c1-8-4-5-10(12(6-8)16-3)11-7-17-13(15)9(2)14-11/h4-6,9H,7H2,1-3H3/t9-/m0/s1. The van der Waals surface area contributed by atoms with Crippen LogP contribution in [0.4, 0.5) is 0 Å². The summed E-state index contributed by atoms with van der Waals surface area (Å²) in [4.78, 5) is 15.8. The minimum absolute atomic E-state index is 0.139. The summed E-state index contributed by atoms with van der Waals surface area (Å²) in [6.45, 7) is 3.85. The van der Waals surface area contributed by atoms with Gasteiger partial charge in [-0.15, -0.1) is 0 Å². The van der Waals surface area contributed by atoms with E-state index >= 15 is 0 Å². The molecule has 90 valence electrons. The van der Waals surface area contributed by atoms with Gasteiger partial charge in [0.25, 0.3) is 0 Å². The zero-order valence-corrected chi connectivity index (χ0v) is 11.0. The van der Waals surface area contributed by atoms with Gasteiger partial charge in [0.1, 0.15) is 11.8 Å². The molecule has 0 saturated heterocycles. The van der Waals surface area contributed by atoms with E-state index in [1.807, 2.05) is 32.0 Å². The maximum Gasteiger partial charge on any atom is 0.213 e. The second kappa shape index (κ2) is 4.92. The minimum atomic E-state index is -0.255. The van der Waals surface area contributed by atoms with Gasteiger partial charge in [-0.2, -0.15) is 0 Å². The molecule has 0 saturated carbocycles. The number of nitrogens with zero attached hydrogens (tertiary/aromatic N) is 1. The molecule has 0 aromatic heterocycles. The van der Waals surface area contributed by atoms with E-state index in [-0.39, 0.29) is 11.2 Å². The molecule has 0 spiro atoms. The summed E-state index contributed by atoms with van der Waals surface area (Å²) < 4.78 is 5.37. The normalized spacial score (nSPS) is 20.1. The van der Waals surface area contributed by atoms with Crippen LogP contribution in [0.25, 0.3) is 0 Å². The van der Waals surface area contributed by atoms with E-state index < -0.39 is 0 Å². The van der Waals surface area contributed by atoms with Gasteiger partial charge in [0.2, 0.25) is 5.12 Å². The molecule has 0 amide bonds. The van der Waals surface area contributed by atoms with Crippen LogP contribution in [-0.4, -0.2) is 29.7 Å². The highest BCUT2D eigenvalue weighted by Gasteiger charge is 2.22. The number of aliphatic imine (C=N–C) groups is 1. The number of carbonyl (C=O) groups excluding carboxylic acids is 1. The molecular weight excluding hydrogens is 234 g/mol. The average Bonchev–Trinajstić information content (AvgIpc) is 2.32. The zero-order valence-electron chi connectivity index (χ0n) is 10.2. The second-order valence-corrected chi connectivity index (χ2v) is 5.04. The van der Waals surface area contributed by atoms with Crippen molar-refractivity contribution < 1.29 is 9.53 Å². The predicted octanol–water partition coefficient (Wildman–Crippen LogP) is 2.45. The van der Waals surface area contributed by atoms with Gasteiger partial charge in [-0.1, -0.05) is 17.8 Å². The number of aryl methyl sites for hydroxylation is 1. The smallest absolute Gasteiger partial charge is 0.213 e. The number of benzene rings is 1. The molecule has 1 atom stereocenters. The third-order valence-electron chi connectivity index (χ3n) is 2.71. The Hall–Kier alpha value is -1.29. The van der Waals surface area contributed by atoms with E-state index in [1.165, 1.54) is 11.8 Å². The van der Waals surface area contributed by atoms with Crippen LogP contribution in [0, 0.1) is 6.92 Å². The number of methoxy groups -OCH3 is 1. The monoisotopic (exact) mass is 249 g/mol. The van der Waals surface area contributed by atoms with Crippen molar-refractivity contribution in [3.8, 4) is 5.75 Å². The molecule has 0 N–H and O–H groups in total. The molecule has 3 nitrogen and oxygen atoms in total. The first-order valence-corrected chi connectivity index (χ1v) is 6.48. The van der Waals surface area contributed by atoms with Crippen molar-refractivity contribution in [3.05, 3.63) is 29.3 Å². The topological polar surface area (TPSA) is 38.7 Å². The number of hydrogen-bond acceptors (Lipinski definition) is 4. The number of thioether (sulfide) groups is 1. The van der Waals surface area contributed by atoms with E-state index in [9.17, 15) is 4.79 Å². The van der Waals surface area contributed by atoms with Crippen LogP contribution in [0.2, 0.25) is 0 Å². The van der Waals surface area contributed by atoms with Gasteiger partial charge in [0, 0.05) is 11.3 Å². The third-order valence-corrected chi connectivity index (χ3v) is 3.75. The Balaban J connectivity index is 2.40. The summed E-state index contributed by atoms with van der Waals surface area (Å²) in [5.74, 6) is 1.45. The van der Waals surface area contributed by atoms with Crippen molar-refractivity contribution in [3.63, 3.8) is 0 Å². The van der Waals surface area contributed by atoms with E-state index in [0.29, 0.717) is 5.75 Å². The summed E-state index contributed by atoms with van der Waals surface area (Å²) in [6, 6.07) is 5.78. The van der Waals surface area contributed by atoms with Crippen LogP contribution in [0.1, 0.15) is 18.1 Å². The van der Waals surface area contributed by atoms with Gasteiger partial charge in [-0.05, 0) is 31.5 Å². The first-order valence-electron chi connectivity index (χ1n) is 5.50. The van der Waals surface area contributed by atoms with Crippen molar-refractivity contribution in [2.24, 2.45) is 4.99 Å². The van der Waals surface area contributed by atoms with Gasteiger partial charge in [-0.3, -0.25) is 9.79 Å². The lowest BCUT2D eigenvalue weighted by molar-refractivity contribution is -0.111. The van der Waals surface area contributed by atoms with Crippen molar-refractivity contribution in [2.75, 3.05) is 12.9 Å². The summed E-state index contributed by atoms with van der Waals surface area (Å²) >= 11 is 1.33. The van der Waals surface area contributed by atoms with Crippen molar-refractivity contribution in [2.45, 2.75) is 19.9 Å². The molecule has 0 radical (unpaired) electrons. The fraction of sp³-hybridized carbons (Fsp3) is 0.385. The Morgan fingerprint density at radius 3 is 2.88 bits per heavy atom. The van der Waals surface area contributed by atoms with Gasteiger partial charge in [0.05, 0.1) is 12.8 Å². The van der Waals surface area contributed by atoms with E-state index in [4.69, 9.17) is 4.74 Å². The van der Waals surface area contributed by atoms with Gasteiger partial charge in [0.15, 0.2) is 0 Å². The lowest BCUT2D eigenvalue weighted by atomic mass is 10.1.